The van der Waals surface area contributed by atoms with Crippen molar-refractivity contribution in [2.75, 3.05) is 79.0 Å². The molecule has 12 nitrogen and oxygen atoms in total. The number of carbonyl (C=O) groups is 2. The Morgan fingerprint density at radius 2 is 0.833 bits per heavy atom. The van der Waals surface area contributed by atoms with Crippen LogP contribution in [0, 0.1) is 11.8 Å². The van der Waals surface area contributed by atoms with Crippen molar-refractivity contribution < 1.29 is 39.0 Å². The van der Waals surface area contributed by atoms with Crippen molar-refractivity contribution in [3.63, 3.8) is 0 Å². The van der Waals surface area contributed by atoms with Gasteiger partial charge in [0.15, 0.2) is 0 Å². The number of fused-ring (bicyclic) bond motifs is 2. The largest absolute Gasteiger partial charge is 0.379 e. The minimum absolute atomic E-state index is 0.0930. The maximum absolute atomic E-state index is 12.4. The number of rotatable bonds is 0. The number of carbonyl (C=O) groups excluding carboxylic acids is 2. The van der Waals surface area contributed by atoms with E-state index in [2.05, 4.69) is 10.6 Å². The molecule has 0 unspecified atom stereocenters. The van der Waals surface area contributed by atoms with Crippen LogP contribution < -0.4 is 10.6 Å². The van der Waals surface area contributed by atoms with E-state index in [1.54, 1.807) is 0 Å². The molecule has 3 saturated heterocycles. The molecule has 5 fully saturated rings. The molecule has 3 heterocycles. The minimum Gasteiger partial charge on any atom is -0.379 e. The first-order valence-electron chi connectivity index (χ1n) is 16.3. The zero-order valence-corrected chi connectivity index (χ0v) is 25.5. The summed E-state index contributed by atoms with van der Waals surface area (Å²) in [7, 11) is 0. The molecule has 3 aliphatic heterocycles. The van der Waals surface area contributed by atoms with Crippen LogP contribution in [-0.4, -0.2) is 123 Å². The van der Waals surface area contributed by atoms with Crippen molar-refractivity contribution >= 4 is 11.8 Å². The molecule has 5 rings (SSSR count). The Morgan fingerprint density at radius 3 is 1.21 bits per heavy atom. The van der Waals surface area contributed by atoms with Crippen molar-refractivity contribution in [2.24, 2.45) is 11.8 Å². The molecule has 0 radical (unpaired) electrons. The van der Waals surface area contributed by atoms with Gasteiger partial charge in [-0.3, -0.25) is 20.0 Å². The van der Waals surface area contributed by atoms with Crippen LogP contribution in [0.15, 0.2) is 0 Å². The third-order valence-corrected chi connectivity index (χ3v) is 8.80. The summed E-state index contributed by atoms with van der Waals surface area (Å²) in [6.45, 7) is 6.81. The van der Waals surface area contributed by atoms with E-state index in [-0.39, 0.29) is 36.7 Å². The zero-order valence-electron chi connectivity index (χ0n) is 25.5. The summed E-state index contributed by atoms with van der Waals surface area (Å²) in [6, 6.07) is -0.186. The second kappa shape index (κ2) is 21.3. The second-order valence-corrected chi connectivity index (χ2v) is 11.9. The van der Waals surface area contributed by atoms with Crippen LogP contribution in [0.25, 0.3) is 0 Å². The minimum atomic E-state index is -0.236. The monoisotopic (exact) mass is 600 g/mol. The molecular weight excluding hydrogens is 544 g/mol. The normalized spacial score (nSPS) is 31.1. The number of nitrogens with one attached hydrogen (secondary N) is 2. The molecule has 0 aromatic carbocycles. The van der Waals surface area contributed by atoms with E-state index >= 15 is 0 Å². The van der Waals surface area contributed by atoms with E-state index in [0.717, 1.165) is 74.3 Å². The first-order valence-corrected chi connectivity index (χ1v) is 16.3. The Bertz CT molecular complexity index is 672. The van der Waals surface area contributed by atoms with Crippen LogP contribution in [-0.2, 0) is 28.5 Å². The standard InChI is InChI=1S/C30H56N4O8/c35-29-9-13-31-15-19-41-23-24-42-20-16-32-14-10-30(36)34(38)28-7-3-26(4-8-28)12-18-40-22-21-39-17-11-25-1-5-27(6-2-25)33(29)37/h25-28,31-32,37-38H,1-24H2. The van der Waals surface area contributed by atoms with Crippen LogP contribution in [0.4, 0.5) is 0 Å². The number of hydroxylamine groups is 4. The van der Waals surface area contributed by atoms with Crippen LogP contribution in [0.1, 0.15) is 77.0 Å². The lowest BCUT2D eigenvalue weighted by molar-refractivity contribution is -0.179. The third kappa shape index (κ3) is 13.9. The summed E-state index contributed by atoms with van der Waals surface area (Å²) >= 11 is 0. The van der Waals surface area contributed by atoms with Crippen LogP contribution in [0.5, 0.6) is 0 Å². The van der Waals surface area contributed by atoms with Gasteiger partial charge in [0.2, 0.25) is 11.8 Å². The van der Waals surface area contributed by atoms with Gasteiger partial charge in [-0.15, -0.1) is 0 Å². The van der Waals surface area contributed by atoms with Gasteiger partial charge < -0.3 is 29.6 Å². The summed E-state index contributed by atoms with van der Waals surface area (Å²) in [6.07, 6.45) is 9.77. The van der Waals surface area contributed by atoms with E-state index in [0.29, 0.717) is 90.9 Å². The topological polar surface area (TPSA) is 142 Å². The molecule has 5 aliphatic rings. The van der Waals surface area contributed by atoms with E-state index in [9.17, 15) is 20.0 Å². The highest BCUT2D eigenvalue weighted by Gasteiger charge is 2.29. The van der Waals surface area contributed by atoms with Gasteiger partial charge in [-0.2, -0.15) is 0 Å². The maximum Gasteiger partial charge on any atom is 0.247 e. The van der Waals surface area contributed by atoms with E-state index in [1.165, 1.54) is 0 Å². The lowest BCUT2D eigenvalue weighted by Gasteiger charge is -2.33. The van der Waals surface area contributed by atoms with E-state index < -0.39 is 0 Å². The van der Waals surface area contributed by atoms with Crippen molar-refractivity contribution in [1.82, 2.24) is 20.8 Å². The molecular formula is C30H56N4O8. The number of ether oxygens (including phenoxy) is 4. The summed E-state index contributed by atoms with van der Waals surface area (Å²) < 4.78 is 22.7. The van der Waals surface area contributed by atoms with Crippen molar-refractivity contribution in [2.45, 2.75) is 89.1 Å². The molecule has 42 heavy (non-hydrogen) atoms. The SMILES string of the molecule is O=C1CCNCCOCCOCCNCCC(=O)N(O)C2CCC(CCOCCOCCC3CCC(CC3)N1O)CC2. The predicted molar refractivity (Wildman–Crippen MR) is 156 cm³/mol. The summed E-state index contributed by atoms with van der Waals surface area (Å²) in [5.74, 6) is 0.662. The zero-order chi connectivity index (χ0) is 29.8. The Morgan fingerprint density at radius 1 is 0.476 bits per heavy atom. The highest BCUT2D eigenvalue weighted by molar-refractivity contribution is 5.75. The van der Waals surface area contributed by atoms with Crippen molar-refractivity contribution in [3.05, 3.63) is 0 Å². The quantitative estimate of drug-likeness (QED) is 0.306. The maximum atomic E-state index is 12.4. The Kier molecular flexibility index (Phi) is 17.8. The smallest absolute Gasteiger partial charge is 0.247 e. The number of hydrogen-bond acceptors (Lipinski definition) is 10. The average molecular weight is 601 g/mol. The molecule has 4 N–H and O–H groups in total. The van der Waals surface area contributed by atoms with Gasteiger partial charge in [0.1, 0.15) is 0 Å². The van der Waals surface area contributed by atoms with Gasteiger partial charge >= 0.3 is 0 Å². The molecule has 0 aromatic heterocycles. The van der Waals surface area contributed by atoms with Crippen LogP contribution in [0.2, 0.25) is 0 Å². The molecule has 244 valence electrons. The van der Waals surface area contributed by atoms with Gasteiger partial charge in [-0.1, -0.05) is 0 Å². The van der Waals surface area contributed by atoms with Gasteiger partial charge in [-0.25, -0.2) is 10.1 Å². The molecule has 12 heteroatoms. The van der Waals surface area contributed by atoms with Crippen molar-refractivity contribution in [1.29, 1.82) is 0 Å². The number of nitrogens with zero attached hydrogens (tertiary/aromatic N) is 2. The van der Waals surface area contributed by atoms with E-state index in [1.807, 2.05) is 0 Å². The van der Waals surface area contributed by atoms with Gasteiger partial charge in [-0.05, 0) is 76.0 Å². The molecule has 0 atom stereocenters. The first kappa shape index (κ1) is 35.1. The molecule has 0 spiro atoms. The highest BCUT2D eigenvalue weighted by Crippen LogP contribution is 2.30. The Hall–Kier alpha value is -1.38. The molecule has 2 saturated carbocycles. The third-order valence-electron chi connectivity index (χ3n) is 8.80. The lowest BCUT2D eigenvalue weighted by Crippen LogP contribution is -2.41. The number of hydrogen-bond donors (Lipinski definition) is 4. The fourth-order valence-electron chi connectivity index (χ4n) is 6.07. The Labute approximate surface area is 251 Å². The van der Waals surface area contributed by atoms with Crippen molar-refractivity contribution in [3.8, 4) is 0 Å². The lowest BCUT2D eigenvalue weighted by atomic mass is 9.84. The predicted octanol–water partition coefficient (Wildman–Crippen LogP) is 2.36. The molecule has 4 bridgehead atoms. The number of amides is 2. The fourth-order valence-corrected chi connectivity index (χ4v) is 6.07. The summed E-state index contributed by atoms with van der Waals surface area (Å²) in [4.78, 5) is 24.8. The fraction of sp³-hybridized carbons (Fsp3) is 0.933. The van der Waals surface area contributed by atoms with Crippen LogP contribution >= 0.6 is 0 Å². The summed E-state index contributed by atoms with van der Waals surface area (Å²) in [5, 5.41) is 29.1. The average Bonchev–Trinajstić information content (AvgIpc) is 3.01. The van der Waals surface area contributed by atoms with Gasteiger partial charge in [0.05, 0.1) is 51.7 Å². The molecule has 0 aromatic rings. The first-order chi connectivity index (χ1) is 20.5. The second-order valence-electron chi connectivity index (χ2n) is 11.9. The van der Waals surface area contributed by atoms with Gasteiger partial charge in [0, 0.05) is 52.2 Å². The highest BCUT2D eigenvalue weighted by atomic mass is 16.5. The van der Waals surface area contributed by atoms with E-state index in [4.69, 9.17) is 18.9 Å². The van der Waals surface area contributed by atoms with Crippen LogP contribution in [0.3, 0.4) is 0 Å². The molecule has 2 amide bonds. The Balaban J connectivity index is 1.34. The summed E-state index contributed by atoms with van der Waals surface area (Å²) in [5.41, 5.74) is 0. The van der Waals surface area contributed by atoms with Gasteiger partial charge in [0.25, 0.3) is 0 Å². The molecule has 2 aliphatic carbocycles.